The van der Waals surface area contributed by atoms with E-state index in [1.807, 2.05) is 18.2 Å². The van der Waals surface area contributed by atoms with Crippen molar-refractivity contribution in [3.05, 3.63) is 151 Å². The Bertz CT molecular complexity index is 2460. The Morgan fingerprint density at radius 3 is 1.91 bits per heavy atom. The van der Waals surface area contributed by atoms with Gasteiger partial charge in [-0.1, -0.05) is 147 Å². The van der Waals surface area contributed by atoms with Crippen LogP contribution in [0.3, 0.4) is 0 Å². The maximum Gasteiger partial charge on any atom is 0.164 e. The lowest BCUT2D eigenvalue weighted by Gasteiger charge is -2.23. The summed E-state index contributed by atoms with van der Waals surface area (Å²) in [6, 6.07) is 49.5. The quantitative estimate of drug-likeness (QED) is 0.197. The average molecular weight is 576 g/mol. The van der Waals surface area contributed by atoms with Gasteiger partial charge in [-0.2, -0.15) is 0 Å². The maximum absolute atomic E-state index is 5.18. The monoisotopic (exact) mass is 575 g/mol. The van der Waals surface area contributed by atoms with Crippen molar-refractivity contribution in [3.63, 3.8) is 0 Å². The van der Waals surface area contributed by atoms with Crippen molar-refractivity contribution in [2.24, 2.45) is 0 Å². The molecule has 0 atom stereocenters. The Morgan fingerprint density at radius 2 is 1.04 bits per heavy atom. The van der Waals surface area contributed by atoms with Gasteiger partial charge in [0.2, 0.25) is 0 Å². The number of aromatic nitrogens is 3. The lowest BCUT2D eigenvalue weighted by atomic mass is 9.80. The predicted octanol–water partition coefficient (Wildman–Crippen LogP) is 10.6. The van der Waals surface area contributed by atoms with Gasteiger partial charge in [-0.3, -0.25) is 0 Å². The summed E-state index contributed by atoms with van der Waals surface area (Å²) in [6.07, 6.45) is 0. The van der Waals surface area contributed by atoms with Crippen LogP contribution in [0.15, 0.2) is 140 Å². The number of rotatable bonds is 3. The van der Waals surface area contributed by atoms with Crippen molar-refractivity contribution in [1.82, 2.24) is 15.0 Å². The van der Waals surface area contributed by atoms with Crippen molar-refractivity contribution in [1.29, 1.82) is 0 Å². The summed E-state index contributed by atoms with van der Waals surface area (Å²) >= 11 is 0. The van der Waals surface area contributed by atoms with E-state index in [-0.39, 0.29) is 5.41 Å². The standard InChI is InChI=1S/C42H29N3/c1-42(2)37-18-9-8-15-32(37)34-24-23-31-33(38(34)42)16-10-17-35(31)41-44-39(28-12-4-3-5-13-28)43-40(45-41)29-22-21-27-20-19-26-11-6-7-14-30(26)36(27)25-29/h3-25H,1-2H3. The minimum absolute atomic E-state index is 0.114. The first-order chi connectivity index (χ1) is 22.1. The van der Waals surface area contributed by atoms with Gasteiger partial charge in [-0.25, -0.2) is 15.0 Å². The molecule has 0 amide bonds. The van der Waals surface area contributed by atoms with E-state index in [0.29, 0.717) is 17.5 Å². The first kappa shape index (κ1) is 25.8. The van der Waals surface area contributed by atoms with E-state index in [4.69, 9.17) is 15.0 Å². The third kappa shape index (κ3) is 3.94. The van der Waals surface area contributed by atoms with Gasteiger partial charge >= 0.3 is 0 Å². The topological polar surface area (TPSA) is 38.7 Å². The van der Waals surface area contributed by atoms with E-state index in [1.165, 1.54) is 49.2 Å². The predicted molar refractivity (Wildman–Crippen MR) is 186 cm³/mol. The van der Waals surface area contributed by atoms with Crippen LogP contribution in [0.1, 0.15) is 25.0 Å². The lowest BCUT2D eigenvalue weighted by molar-refractivity contribution is 0.666. The Balaban J connectivity index is 1.28. The smallest absolute Gasteiger partial charge is 0.164 e. The van der Waals surface area contributed by atoms with E-state index >= 15 is 0 Å². The highest BCUT2D eigenvalue weighted by Crippen LogP contribution is 2.51. The molecule has 8 aromatic rings. The van der Waals surface area contributed by atoms with E-state index in [0.717, 1.165) is 22.1 Å². The summed E-state index contributed by atoms with van der Waals surface area (Å²) in [7, 11) is 0. The van der Waals surface area contributed by atoms with Crippen molar-refractivity contribution in [2.75, 3.05) is 0 Å². The molecule has 1 aromatic heterocycles. The van der Waals surface area contributed by atoms with Crippen LogP contribution in [0.2, 0.25) is 0 Å². The minimum Gasteiger partial charge on any atom is -0.208 e. The molecule has 0 saturated heterocycles. The van der Waals surface area contributed by atoms with Gasteiger partial charge in [0.25, 0.3) is 0 Å². The summed E-state index contributed by atoms with van der Waals surface area (Å²) < 4.78 is 0. The van der Waals surface area contributed by atoms with Gasteiger partial charge in [-0.05, 0) is 60.6 Å². The molecule has 7 aromatic carbocycles. The van der Waals surface area contributed by atoms with Crippen molar-refractivity contribution >= 4 is 32.3 Å². The Kier molecular flexibility index (Phi) is 5.54. The lowest BCUT2D eigenvalue weighted by Crippen LogP contribution is -2.15. The summed E-state index contributed by atoms with van der Waals surface area (Å²) in [5.41, 5.74) is 8.19. The number of benzene rings is 7. The van der Waals surface area contributed by atoms with E-state index in [1.54, 1.807) is 0 Å². The maximum atomic E-state index is 5.18. The zero-order chi connectivity index (χ0) is 30.1. The fourth-order valence-corrected chi connectivity index (χ4v) is 7.33. The van der Waals surface area contributed by atoms with Crippen LogP contribution in [-0.4, -0.2) is 15.0 Å². The van der Waals surface area contributed by atoms with Gasteiger partial charge in [0.1, 0.15) is 0 Å². The van der Waals surface area contributed by atoms with Gasteiger partial charge < -0.3 is 0 Å². The van der Waals surface area contributed by atoms with Crippen molar-refractivity contribution in [3.8, 4) is 45.3 Å². The summed E-state index contributed by atoms with van der Waals surface area (Å²) in [5.74, 6) is 2.01. The van der Waals surface area contributed by atoms with E-state index in [2.05, 4.69) is 135 Å². The highest BCUT2D eigenvalue weighted by atomic mass is 15.0. The van der Waals surface area contributed by atoms with Crippen molar-refractivity contribution < 1.29 is 0 Å². The van der Waals surface area contributed by atoms with Crippen LogP contribution < -0.4 is 0 Å². The molecule has 3 heteroatoms. The van der Waals surface area contributed by atoms with Crippen molar-refractivity contribution in [2.45, 2.75) is 19.3 Å². The highest BCUT2D eigenvalue weighted by Gasteiger charge is 2.36. The molecular formula is C42H29N3. The fourth-order valence-electron chi connectivity index (χ4n) is 7.33. The largest absolute Gasteiger partial charge is 0.208 e. The Labute approximate surface area is 261 Å². The molecule has 1 heterocycles. The Hall–Kier alpha value is -5.67. The SMILES string of the molecule is CC1(C)c2ccccc2-c2ccc3c(-c4nc(-c5ccccc5)nc(-c5ccc6ccc7ccccc7c6c5)n4)cccc3c21. The zero-order valence-corrected chi connectivity index (χ0v) is 25.1. The second-order valence-corrected chi connectivity index (χ2v) is 12.5. The van der Waals surface area contributed by atoms with Crippen LogP contribution >= 0.6 is 0 Å². The van der Waals surface area contributed by atoms with Gasteiger partial charge in [0, 0.05) is 22.1 Å². The molecule has 0 unspecified atom stereocenters. The number of hydrogen-bond acceptors (Lipinski definition) is 3. The zero-order valence-electron chi connectivity index (χ0n) is 25.1. The molecule has 0 saturated carbocycles. The van der Waals surface area contributed by atoms with Crippen LogP contribution in [-0.2, 0) is 5.41 Å². The van der Waals surface area contributed by atoms with Gasteiger partial charge in [-0.15, -0.1) is 0 Å². The number of fused-ring (bicyclic) bond motifs is 8. The molecule has 0 spiro atoms. The normalized spacial score (nSPS) is 13.3. The minimum atomic E-state index is -0.114. The molecule has 0 bridgehead atoms. The molecule has 45 heavy (non-hydrogen) atoms. The third-order valence-electron chi connectivity index (χ3n) is 9.49. The summed E-state index contributed by atoms with van der Waals surface area (Å²) in [6.45, 7) is 4.67. The molecule has 1 aliphatic rings. The molecule has 0 fully saturated rings. The van der Waals surface area contributed by atoms with Gasteiger partial charge in [0.15, 0.2) is 17.5 Å². The molecule has 0 aliphatic heterocycles. The van der Waals surface area contributed by atoms with Crippen LogP contribution in [0.25, 0.3) is 77.6 Å². The van der Waals surface area contributed by atoms with Crippen LogP contribution in [0, 0.1) is 0 Å². The first-order valence-electron chi connectivity index (χ1n) is 15.5. The van der Waals surface area contributed by atoms with Gasteiger partial charge in [0.05, 0.1) is 0 Å². The second-order valence-electron chi connectivity index (χ2n) is 12.5. The molecular weight excluding hydrogens is 546 g/mol. The average Bonchev–Trinajstić information content (AvgIpc) is 3.34. The summed E-state index contributed by atoms with van der Waals surface area (Å²) in [5, 5.41) is 7.22. The Morgan fingerprint density at radius 1 is 0.400 bits per heavy atom. The molecule has 1 aliphatic carbocycles. The third-order valence-corrected chi connectivity index (χ3v) is 9.49. The van der Waals surface area contributed by atoms with Crippen LogP contribution in [0.5, 0.6) is 0 Å². The first-order valence-corrected chi connectivity index (χ1v) is 15.5. The van der Waals surface area contributed by atoms with E-state index in [9.17, 15) is 0 Å². The van der Waals surface area contributed by atoms with E-state index < -0.39 is 0 Å². The number of nitrogens with zero attached hydrogens (tertiary/aromatic N) is 3. The summed E-state index contributed by atoms with van der Waals surface area (Å²) in [4.78, 5) is 15.3. The molecule has 9 rings (SSSR count). The molecule has 0 radical (unpaired) electrons. The number of hydrogen-bond donors (Lipinski definition) is 0. The second kappa shape index (κ2) is 9.67. The fraction of sp³-hybridized carbons (Fsp3) is 0.0714. The molecule has 0 N–H and O–H groups in total. The highest BCUT2D eigenvalue weighted by molar-refractivity contribution is 6.08. The molecule has 212 valence electrons. The van der Waals surface area contributed by atoms with Crippen LogP contribution in [0.4, 0.5) is 0 Å². The molecule has 3 nitrogen and oxygen atoms in total.